The first-order chi connectivity index (χ1) is 10.3. The van der Waals surface area contributed by atoms with Gasteiger partial charge >= 0.3 is 0 Å². The molecular formula is C16H12BrN3O. The molecule has 0 unspecified atom stereocenters. The van der Waals surface area contributed by atoms with E-state index in [0.717, 1.165) is 21.5 Å². The van der Waals surface area contributed by atoms with Crippen LogP contribution in [0.15, 0.2) is 65.5 Å². The average Bonchev–Trinajstić information content (AvgIpc) is 2.55. The fourth-order valence-corrected chi connectivity index (χ4v) is 1.99. The Labute approximate surface area is 131 Å². The van der Waals surface area contributed by atoms with Crippen LogP contribution in [-0.2, 0) is 6.61 Å². The number of ether oxygens (including phenoxy) is 1. The standard InChI is InChI=1S/C16H12BrN3O/c17-13-8-19-16(20-9-13)15-7-6-14(10-18-15)21-11-12-4-2-1-3-5-12/h1-10H,11H2. The fourth-order valence-electron chi connectivity index (χ4n) is 1.78. The summed E-state index contributed by atoms with van der Waals surface area (Å²) in [5, 5.41) is 0. The van der Waals surface area contributed by atoms with Gasteiger partial charge in [-0.3, -0.25) is 0 Å². The van der Waals surface area contributed by atoms with Gasteiger partial charge < -0.3 is 4.74 Å². The Morgan fingerprint density at radius 1 is 0.857 bits per heavy atom. The second kappa shape index (κ2) is 6.45. The number of aromatic nitrogens is 3. The number of hydrogen-bond acceptors (Lipinski definition) is 4. The van der Waals surface area contributed by atoms with Crippen molar-refractivity contribution >= 4 is 15.9 Å². The molecule has 0 N–H and O–H groups in total. The van der Waals surface area contributed by atoms with Gasteiger partial charge in [-0.2, -0.15) is 0 Å². The van der Waals surface area contributed by atoms with Crippen molar-refractivity contribution in [2.24, 2.45) is 0 Å². The van der Waals surface area contributed by atoms with E-state index in [2.05, 4.69) is 30.9 Å². The van der Waals surface area contributed by atoms with E-state index >= 15 is 0 Å². The van der Waals surface area contributed by atoms with Crippen molar-refractivity contribution in [3.63, 3.8) is 0 Å². The quantitative estimate of drug-likeness (QED) is 0.722. The summed E-state index contributed by atoms with van der Waals surface area (Å²) >= 11 is 3.31. The topological polar surface area (TPSA) is 47.9 Å². The monoisotopic (exact) mass is 341 g/mol. The average molecular weight is 342 g/mol. The van der Waals surface area contributed by atoms with Crippen molar-refractivity contribution in [3.8, 4) is 17.3 Å². The number of nitrogens with zero attached hydrogens (tertiary/aromatic N) is 3. The highest BCUT2D eigenvalue weighted by Crippen LogP contribution is 2.17. The molecule has 0 atom stereocenters. The first-order valence-corrected chi connectivity index (χ1v) is 7.21. The van der Waals surface area contributed by atoms with Gasteiger partial charge in [-0.1, -0.05) is 30.3 Å². The van der Waals surface area contributed by atoms with Gasteiger partial charge in [0, 0.05) is 12.4 Å². The molecule has 2 heterocycles. The maximum Gasteiger partial charge on any atom is 0.178 e. The molecule has 4 nitrogen and oxygen atoms in total. The molecule has 0 bridgehead atoms. The Morgan fingerprint density at radius 3 is 2.29 bits per heavy atom. The van der Waals surface area contributed by atoms with Gasteiger partial charge in [0.15, 0.2) is 5.82 Å². The van der Waals surface area contributed by atoms with Crippen molar-refractivity contribution in [1.29, 1.82) is 0 Å². The summed E-state index contributed by atoms with van der Waals surface area (Å²) in [4.78, 5) is 12.7. The molecule has 0 radical (unpaired) electrons. The summed E-state index contributed by atoms with van der Waals surface area (Å²) in [6, 6.07) is 13.7. The maximum atomic E-state index is 5.69. The summed E-state index contributed by atoms with van der Waals surface area (Å²) in [6.07, 6.45) is 5.08. The van der Waals surface area contributed by atoms with Gasteiger partial charge in [0.25, 0.3) is 0 Å². The Bertz CT molecular complexity index is 700. The van der Waals surface area contributed by atoms with Crippen LogP contribution in [0.25, 0.3) is 11.5 Å². The lowest BCUT2D eigenvalue weighted by Crippen LogP contribution is -1.96. The molecule has 0 aliphatic heterocycles. The lowest BCUT2D eigenvalue weighted by molar-refractivity contribution is 0.305. The molecule has 0 fully saturated rings. The van der Waals surface area contributed by atoms with Crippen LogP contribution in [0.2, 0.25) is 0 Å². The summed E-state index contributed by atoms with van der Waals surface area (Å²) in [6.45, 7) is 0.524. The minimum absolute atomic E-state index is 0.524. The smallest absolute Gasteiger partial charge is 0.178 e. The van der Waals surface area contributed by atoms with Crippen molar-refractivity contribution in [1.82, 2.24) is 15.0 Å². The number of hydrogen-bond donors (Lipinski definition) is 0. The Morgan fingerprint density at radius 2 is 1.62 bits per heavy atom. The first kappa shape index (κ1) is 13.7. The van der Waals surface area contributed by atoms with E-state index in [1.165, 1.54) is 0 Å². The van der Waals surface area contributed by atoms with Gasteiger partial charge in [0.2, 0.25) is 0 Å². The molecule has 0 amide bonds. The molecule has 0 spiro atoms. The number of rotatable bonds is 4. The number of halogens is 1. The Hall–Kier alpha value is -2.27. The first-order valence-electron chi connectivity index (χ1n) is 6.42. The normalized spacial score (nSPS) is 10.3. The second-order valence-corrected chi connectivity index (χ2v) is 5.29. The van der Waals surface area contributed by atoms with Gasteiger partial charge in [-0.25, -0.2) is 15.0 Å². The second-order valence-electron chi connectivity index (χ2n) is 4.38. The van der Waals surface area contributed by atoms with E-state index in [1.807, 2.05) is 42.5 Å². The van der Waals surface area contributed by atoms with Crippen LogP contribution < -0.4 is 4.74 Å². The molecule has 3 rings (SSSR count). The van der Waals surface area contributed by atoms with Crippen molar-refractivity contribution in [2.75, 3.05) is 0 Å². The predicted octanol–water partition coefficient (Wildman–Crippen LogP) is 3.88. The lowest BCUT2D eigenvalue weighted by atomic mass is 10.2. The summed E-state index contributed by atoms with van der Waals surface area (Å²) in [5.41, 5.74) is 1.84. The van der Waals surface area contributed by atoms with Crippen LogP contribution in [0.3, 0.4) is 0 Å². The van der Waals surface area contributed by atoms with Gasteiger partial charge in [0.1, 0.15) is 18.1 Å². The molecule has 0 aliphatic rings. The van der Waals surface area contributed by atoms with Crippen LogP contribution in [0.4, 0.5) is 0 Å². The van der Waals surface area contributed by atoms with Crippen molar-refractivity contribution in [3.05, 3.63) is 71.1 Å². The van der Waals surface area contributed by atoms with Crippen molar-refractivity contribution < 1.29 is 4.74 Å². The number of benzene rings is 1. The van der Waals surface area contributed by atoms with Gasteiger partial charge in [0.05, 0.1) is 10.7 Å². The van der Waals surface area contributed by atoms with Gasteiger partial charge in [-0.05, 0) is 33.6 Å². The molecule has 0 aliphatic carbocycles. The zero-order valence-electron chi connectivity index (χ0n) is 11.1. The minimum Gasteiger partial charge on any atom is -0.487 e. The summed E-state index contributed by atoms with van der Waals surface area (Å²) in [5.74, 6) is 1.31. The SMILES string of the molecule is Brc1cnc(-c2ccc(OCc3ccccc3)cn2)nc1. The van der Waals surface area contributed by atoms with Gasteiger partial charge in [-0.15, -0.1) is 0 Å². The minimum atomic E-state index is 0.524. The van der Waals surface area contributed by atoms with Crippen LogP contribution in [-0.4, -0.2) is 15.0 Å². The molecule has 2 aromatic heterocycles. The highest BCUT2D eigenvalue weighted by atomic mass is 79.9. The van der Waals surface area contributed by atoms with E-state index in [0.29, 0.717) is 12.4 Å². The maximum absolute atomic E-state index is 5.69. The third-order valence-electron chi connectivity index (χ3n) is 2.83. The molecule has 1 aromatic carbocycles. The van der Waals surface area contributed by atoms with E-state index < -0.39 is 0 Å². The molecule has 3 aromatic rings. The molecule has 0 saturated heterocycles. The van der Waals surface area contributed by atoms with E-state index in [9.17, 15) is 0 Å². The highest BCUT2D eigenvalue weighted by molar-refractivity contribution is 9.10. The zero-order chi connectivity index (χ0) is 14.5. The third-order valence-corrected chi connectivity index (χ3v) is 3.24. The van der Waals surface area contributed by atoms with Crippen molar-refractivity contribution in [2.45, 2.75) is 6.61 Å². The summed E-state index contributed by atoms with van der Waals surface area (Å²) in [7, 11) is 0. The van der Waals surface area contributed by atoms with Crippen LogP contribution in [0.1, 0.15) is 5.56 Å². The largest absolute Gasteiger partial charge is 0.487 e. The van der Waals surface area contributed by atoms with E-state index in [4.69, 9.17) is 4.74 Å². The summed E-state index contributed by atoms with van der Waals surface area (Å²) < 4.78 is 6.53. The molecule has 5 heteroatoms. The third kappa shape index (κ3) is 3.64. The van der Waals surface area contributed by atoms with Crippen LogP contribution in [0.5, 0.6) is 5.75 Å². The fraction of sp³-hybridized carbons (Fsp3) is 0.0625. The zero-order valence-corrected chi connectivity index (χ0v) is 12.7. The lowest BCUT2D eigenvalue weighted by Gasteiger charge is -2.06. The predicted molar refractivity (Wildman–Crippen MR) is 83.7 cm³/mol. The molecular weight excluding hydrogens is 330 g/mol. The van der Waals surface area contributed by atoms with E-state index in [-0.39, 0.29) is 0 Å². The Kier molecular flexibility index (Phi) is 4.21. The van der Waals surface area contributed by atoms with Crippen LogP contribution in [0, 0.1) is 0 Å². The molecule has 104 valence electrons. The Balaban J connectivity index is 1.68. The van der Waals surface area contributed by atoms with Crippen LogP contribution >= 0.6 is 15.9 Å². The molecule has 0 saturated carbocycles. The number of pyridine rings is 1. The highest BCUT2D eigenvalue weighted by Gasteiger charge is 2.03. The molecule has 21 heavy (non-hydrogen) atoms. The van der Waals surface area contributed by atoms with E-state index in [1.54, 1.807) is 18.6 Å².